The number of hydrogen-bond donors (Lipinski definition) is 1. The Morgan fingerprint density at radius 3 is 2.34 bits per heavy atom. The molecular formula is C30H28N2O5S. The highest BCUT2D eigenvalue weighted by Gasteiger charge is 2.49. The minimum absolute atomic E-state index is 0.201. The summed E-state index contributed by atoms with van der Waals surface area (Å²) in [5.41, 5.74) is 4.22. The van der Waals surface area contributed by atoms with Crippen molar-refractivity contribution in [3.8, 4) is 17.2 Å². The van der Waals surface area contributed by atoms with Crippen molar-refractivity contribution < 1.29 is 22.6 Å². The molecule has 38 heavy (non-hydrogen) atoms. The molecule has 0 aromatic heterocycles. The van der Waals surface area contributed by atoms with Crippen molar-refractivity contribution in [1.82, 2.24) is 0 Å². The van der Waals surface area contributed by atoms with Gasteiger partial charge in [0.15, 0.2) is 0 Å². The highest BCUT2D eigenvalue weighted by molar-refractivity contribution is 7.92. The van der Waals surface area contributed by atoms with Crippen LogP contribution in [0.2, 0.25) is 0 Å². The summed E-state index contributed by atoms with van der Waals surface area (Å²) in [7, 11) is -0.710. The van der Waals surface area contributed by atoms with Crippen LogP contribution in [0.25, 0.3) is 0 Å². The topological polar surface area (TPSA) is 77.1 Å². The quantitative estimate of drug-likeness (QED) is 0.330. The van der Waals surface area contributed by atoms with E-state index in [-0.39, 0.29) is 10.8 Å². The fraction of sp³-hybridized carbons (Fsp3) is 0.200. The Balaban J connectivity index is 1.49. The zero-order chi connectivity index (χ0) is 26.3. The third kappa shape index (κ3) is 4.01. The summed E-state index contributed by atoms with van der Waals surface area (Å²) >= 11 is 0. The van der Waals surface area contributed by atoms with E-state index in [4.69, 9.17) is 14.2 Å². The molecule has 8 heteroatoms. The van der Waals surface area contributed by atoms with Gasteiger partial charge in [-0.05, 0) is 41.5 Å². The van der Waals surface area contributed by atoms with Gasteiger partial charge in [-0.3, -0.25) is 4.31 Å². The molecule has 2 unspecified atom stereocenters. The van der Waals surface area contributed by atoms with Gasteiger partial charge >= 0.3 is 0 Å². The lowest BCUT2D eigenvalue weighted by atomic mass is 9.88. The van der Waals surface area contributed by atoms with Crippen LogP contribution in [0.1, 0.15) is 28.7 Å². The lowest BCUT2D eigenvalue weighted by molar-refractivity contribution is 0.246. The predicted molar refractivity (Wildman–Crippen MR) is 147 cm³/mol. The third-order valence-corrected chi connectivity index (χ3v) is 9.01. The standard InChI is InChI=1S/C30H28N2O5S/c1-35-21-13-14-23-28(15-21)37-19-25-24-16-26(31-18-20-9-5-3-6-10-20)29(36-2)17-27(24)32(30(23)25)38(33,34)22-11-7-4-8-12-22/h3-17,25,30-31H,18-19H2,1-2H3. The van der Waals surface area contributed by atoms with E-state index in [2.05, 4.69) is 17.4 Å². The number of ether oxygens (including phenoxy) is 3. The molecule has 0 fully saturated rings. The Labute approximate surface area is 222 Å². The zero-order valence-corrected chi connectivity index (χ0v) is 21.9. The second-order valence-electron chi connectivity index (χ2n) is 9.33. The summed E-state index contributed by atoms with van der Waals surface area (Å²) in [5, 5.41) is 3.47. The zero-order valence-electron chi connectivity index (χ0n) is 21.1. The van der Waals surface area contributed by atoms with Crippen LogP contribution in [0.5, 0.6) is 17.2 Å². The highest BCUT2D eigenvalue weighted by Crippen LogP contribution is 2.57. The normalized spacial score (nSPS) is 17.6. The molecule has 4 aromatic rings. The van der Waals surface area contributed by atoms with Crippen LogP contribution >= 0.6 is 0 Å². The molecule has 0 amide bonds. The Morgan fingerprint density at radius 1 is 0.895 bits per heavy atom. The van der Waals surface area contributed by atoms with Gasteiger partial charge in [0, 0.05) is 30.2 Å². The summed E-state index contributed by atoms with van der Waals surface area (Å²) in [5.74, 6) is 1.65. The Bertz CT molecular complexity index is 1580. The van der Waals surface area contributed by atoms with Crippen molar-refractivity contribution in [3.05, 3.63) is 108 Å². The molecule has 0 bridgehead atoms. The summed E-state index contributed by atoms with van der Waals surface area (Å²) in [6, 6.07) is 27.5. The van der Waals surface area contributed by atoms with E-state index in [1.165, 1.54) is 0 Å². The van der Waals surface area contributed by atoms with Crippen LogP contribution in [-0.2, 0) is 16.6 Å². The summed E-state index contributed by atoms with van der Waals surface area (Å²) < 4.78 is 47.2. The number of nitrogens with zero attached hydrogens (tertiary/aromatic N) is 1. The van der Waals surface area contributed by atoms with Crippen molar-refractivity contribution in [2.24, 2.45) is 0 Å². The van der Waals surface area contributed by atoms with E-state index in [9.17, 15) is 8.42 Å². The summed E-state index contributed by atoms with van der Waals surface area (Å²) in [6.45, 7) is 0.943. The van der Waals surface area contributed by atoms with Crippen LogP contribution < -0.4 is 23.8 Å². The summed E-state index contributed by atoms with van der Waals surface area (Å²) in [4.78, 5) is 0.235. The molecule has 2 atom stereocenters. The van der Waals surface area contributed by atoms with Gasteiger partial charge in [0.1, 0.15) is 17.2 Å². The first kappa shape index (κ1) is 24.2. The minimum atomic E-state index is -3.90. The molecule has 2 heterocycles. The minimum Gasteiger partial charge on any atom is -0.497 e. The first-order chi connectivity index (χ1) is 18.5. The summed E-state index contributed by atoms with van der Waals surface area (Å²) in [6.07, 6.45) is 0. The van der Waals surface area contributed by atoms with Gasteiger partial charge < -0.3 is 19.5 Å². The van der Waals surface area contributed by atoms with Gasteiger partial charge in [0.2, 0.25) is 0 Å². The van der Waals surface area contributed by atoms with Crippen molar-refractivity contribution in [3.63, 3.8) is 0 Å². The maximum absolute atomic E-state index is 14.2. The van der Waals surface area contributed by atoms with Crippen molar-refractivity contribution >= 4 is 21.4 Å². The van der Waals surface area contributed by atoms with E-state index >= 15 is 0 Å². The Morgan fingerprint density at radius 2 is 1.63 bits per heavy atom. The molecule has 0 saturated carbocycles. The molecule has 0 radical (unpaired) electrons. The predicted octanol–water partition coefficient (Wildman–Crippen LogP) is 5.74. The Hall–Kier alpha value is -4.17. The largest absolute Gasteiger partial charge is 0.497 e. The number of benzene rings is 4. The fourth-order valence-corrected chi connectivity index (χ4v) is 7.06. The number of methoxy groups -OCH3 is 2. The van der Waals surface area contributed by atoms with Crippen LogP contribution in [0.3, 0.4) is 0 Å². The maximum Gasteiger partial charge on any atom is 0.264 e. The van der Waals surface area contributed by atoms with E-state index in [1.807, 2.05) is 54.6 Å². The first-order valence-electron chi connectivity index (χ1n) is 12.4. The second kappa shape index (κ2) is 9.61. The van der Waals surface area contributed by atoms with Crippen molar-refractivity contribution in [1.29, 1.82) is 0 Å². The molecule has 0 saturated heterocycles. The molecule has 0 spiro atoms. The Kier molecular flexibility index (Phi) is 6.12. The second-order valence-corrected chi connectivity index (χ2v) is 11.1. The molecule has 0 aliphatic carbocycles. The molecule has 6 rings (SSSR count). The number of nitrogens with one attached hydrogen (secondary N) is 1. The van der Waals surface area contributed by atoms with Crippen LogP contribution in [0.4, 0.5) is 11.4 Å². The number of hydrogen-bond acceptors (Lipinski definition) is 6. The number of fused-ring (bicyclic) bond motifs is 5. The lowest BCUT2D eigenvalue weighted by Gasteiger charge is -2.34. The maximum atomic E-state index is 14.2. The van der Waals surface area contributed by atoms with Crippen LogP contribution in [-0.4, -0.2) is 29.2 Å². The van der Waals surface area contributed by atoms with Crippen molar-refractivity contribution in [2.75, 3.05) is 30.4 Å². The fourth-order valence-electron chi connectivity index (χ4n) is 5.36. The van der Waals surface area contributed by atoms with Gasteiger partial charge in [-0.25, -0.2) is 8.42 Å². The van der Waals surface area contributed by atoms with E-state index in [0.29, 0.717) is 36.1 Å². The molecule has 1 N–H and O–H groups in total. The van der Waals surface area contributed by atoms with Crippen molar-refractivity contribution in [2.45, 2.75) is 23.4 Å². The van der Waals surface area contributed by atoms with Crippen LogP contribution in [0.15, 0.2) is 95.9 Å². The number of rotatable bonds is 7. The number of anilines is 2. The van der Waals surface area contributed by atoms with Gasteiger partial charge in [-0.1, -0.05) is 48.5 Å². The van der Waals surface area contributed by atoms with E-state index in [1.54, 1.807) is 42.8 Å². The van der Waals surface area contributed by atoms with Gasteiger partial charge in [-0.2, -0.15) is 0 Å². The van der Waals surface area contributed by atoms with Gasteiger partial charge in [0.05, 0.1) is 43.1 Å². The number of sulfonamides is 1. The average Bonchev–Trinajstić information content (AvgIpc) is 3.30. The lowest BCUT2D eigenvalue weighted by Crippen LogP contribution is -2.36. The third-order valence-electron chi connectivity index (χ3n) is 7.20. The average molecular weight is 529 g/mol. The molecule has 4 aromatic carbocycles. The monoisotopic (exact) mass is 528 g/mol. The molecule has 2 aliphatic heterocycles. The van der Waals surface area contributed by atoms with Gasteiger partial charge in [-0.15, -0.1) is 0 Å². The molecule has 194 valence electrons. The van der Waals surface area contributed by atoms with Gasteiger partial charge in [0.25, 0.3) is 10.0 Å². The first-order valence-corrected chi connectivity index (χ1v) is 13.8. The smallest absolute Gasteiger partial charge is 0.264 e. The van der Waals surface area contributed by atoms with E-state index in [0.717, 1.165) is 22.4 Å². The molecule has 2 aliphatic rings. The van der Waals surface area contributed by atoms with Crippen LogP contribution in [0, 0.1) is 0 Å². The van der Waals surface area contributed by atoms with E-state index < -0.39 is 16.1 Å². The molecule has 7 nitrogen and oxygen atoms in total. The molecular weight excluding hydrogens is 500 g/mol. The SMILES string of the molecule is COc1ccc2c(c1)OCC1c3cc(NCc4ccccc4)c(OC)cc3N(S(=O)(=O)c3ccccc3)C21. The highest BCUT2D eigenvalue weighted by atomic mass is 32.2.